The fraction of sp³-hybridized carbons (Fsp3) is 0.310. The molecule has 1 aliphatic heterocycles. The molecule has 0 aromatic heterocycles. The molecule has 0 bridgehead atoms. The van der Waals surface area contributed by atoms with E-state index in [1.807, 2.05) is 18.2 Å². The number of hydrogen-bond acceptors (Lipinski definition) is 6. The lowest BCUT2D eigenvalue weighted by Gasteiger charge is -2.36. The second-order valence-electron chi connectivity index (χ2n) is 9.23. The maximum absolute atomic E-state index is 12.3. The highest BCUT2D eigenvalue weighted by molar-refractivity contribution is 6.43. The molecule has 1 saturated heterocycles. The first kappa shape index (κ1) is 28.5. The lowest BCUT2D eigenvalue weighted by atomic mass is 10.0. The number of nitrogens with zero attached hydrogens (tertiary/aromatic N) is 2. The molecule has 1 heterocycles. The molecule has 8 nitrogen and oxygen atoms in total. The van der Waals surface area contributed by atoms with E-state index >= 15 is 0 Å². The first-order chi connectivity index (χ1) is 18.9. The lowest BCUT2D eigenvalue weighted by molar-refractivity contribution is 0.1000. The van der Waals surface area contributed by atoms with E-state index in [1.165, 1.54) is 7.11 Å². The van der Waals surface area contributed by atoms with E-state index in [4.69, 9.17) is 38.4 Å². The SMILES string of the molecule is COc1cc(OC(=O)NCCCCN2CCN(c3cccc(Cl)c3Cl)CC2)ccc1-c1cccc(C(N)=O)c1. The molecule has 206 valence electrons. The molecule has 39 heavy (non-hydrogen) atoms. The van der Waals surface area contributed by atoms with Crippen molar-refractivity contribution in [2.75, 3.05) is 51.3 Å². The summed E-state index contributed by atoms with van der Waals surface area (Å²) in [6.07, 6.45) is 1.28. The number of primary amides is 1. The average Bonchev–Trinajstić information content (AvgIpc) is 2.94. The average molecular weight is 572 g/mol. The van der Waals surface area contributed by atoms with Gasteiger partial charge in [0.2, 0.25) is 5.91 Å². The third-order valence-electron chi connectivity index (χ3n) is 6.66. The van der Waals surface area contributed by atoms with E-state index < -0.39 is 12.0 Å². The van der Waals surface area contributed by atoms with Crippen molar-refractivity contribution in [3.63, 3.8) is 0 Å². The van der Waals surface area contributed by atoms with E-state index in [1.54, 1.807) is 42.5 Å². The number of nitrogens with two attached hydrogens (primary N) is 1. The molecule has 3 aromatic rings. The summed E-state index contributed by atoms with van der Waals surface area (Å²) in [5.41, 5.74) is 8.31. The first-order valence-corrected chi connectivity index (χ1v) is 13.6. The summed E-state index contributed by atoms with van der Waals surface area (Å²) in [5, 5.41) is 3.99. The Morgan fingerprint density at radius 1 is 0.974 bits per heavy atom. The molecular weight excluding hydrogens is 539 g/mol. The zero-order valence-electron chi connectivity index (χ0n) is 21.8. The van der Waals surface area contributed by atoms with Crippen LogP contribution in [-0.4, -0.2) is 63.3 Å². The number of halogens is 2. The van der Waals surface area contributed by atoms with Gasteiger partial charge >= 0.3 is 6.09 Å². The number of anilines is 1. The summed E-state index contributed by atoms with van der Waals surface area (Å²) in [6.45, 7) is 5.16. The summed E-state index contributed by atoms with van der Waals surface area (Å²) >= 11 is 12.5. The molecule has 0 saturated carbocycles. The minimum atomic E-state index is -0.521. The van der Waals surface area contributed by atoms with Crippen molar-refractivity contribution in [3.05, 3.63) is 76.3 Å². The molecule has 0 spiro atoms. The number of piperazine rings is 1. The smallest absolute Gasteiger partial charge is 0.412 e. The second kappa shape index (κ2) is 13.6. The number of methoxy groups -OCH3 is 1. The molecule has 0 aliphatic carbocycles. The summed E-state index contributed by atoms with van der Waals surface area (Å²) < 4.78 is 10.9. The maximum atomic E-state index is 12.3. The van der Waals surface area contributed by atoms with Gasteiger partial charge in [0.15, 0.2) is 0 Å². The topological polar surface area (TPSA) is 97.1 Å². The Kier molecular flexibility index (Phi) is 9.92. The Morgan fingerprint density at radius 2 is 1.74 bits per heavy atom. The minimum Gasteiger partial charge on any atom is -0.496 e. The number of ether oxygens (including phenoxy) is 2. The minimum absolute atomic E-state index is 0.358. The molecule has 0 atom stereocenters. The standard InChI is InChI=1S/C29H32Cl2N4O4/c1-38-26-19-22(10-11-23(26)20-6-4-7-21(18-20)28(32)36)39-29(37)33-12-2-3-13-34-14-16-35(17-15-34)25-9-5-8-24(30)27(25)31/h4-11,18-19H,2-3,12-17H2,1H3,(H2,32,36)(H,33,37). The number of carbonyl (C=O) groups excluding carboxylic acids is 2. The van der Waals surface area contributed by atoms with Crippen molar-refractivity contribution in [1.29, 1.82) is 0 Å². The molecule has 4 rings (SSSR count). The number of benzene rings is 3. The van der Waals surface area contributed by atoms with Gasteiger partial charge in [-0.2, -0.15) is 0 Å². The first-order valence-electron chi connectivity index (χ1n) is 12.8. The van der Waals surface area contributed by atoms with Gasteiger partial charge in [-0.25, -0.2) is 4.79 Å². The van der Waals surface area contributed by atoms with Crippen LogP contribution in [0.15, 0.2) is 60.7 Å². The zero-order chi connectivity index (χ0) is 27.8. The van der Waals surface area contributed by atoms with Crippen molar-refractivity contribution in [2.45, 2.75) is 12.8 Å². The van der Waals surface area contributed by atoms with Crippen LogP contribution in [0.1, 0.15) is 23.2 Å². The van der Waals surface area contributed by atoms with Crippen LogP contribution in [-0.2, 0) is 0 Å². The summed E-state index contributed by atoms with van der Waals surface area (Å²) in [4.78, 5) is 28.5. The molecule has 3 aromatic carbocycles. The van der Waals surface area contributed by atoms with Crippen molar-refractivity contribution in [3.8, 4) is 22.6 Å². The number of unbranched alkanes of at least 4 members (excludes halogenated alkanes) is 1. The third kappa shape index (κ3) is 7.56. The van der Waals surface area contributed by atoms with Crippen LogP contribution >= 0.6 is 23.2 Å². The molecule has 1 aliphatic rings. The Hall–Kier alpha value is -3.46. The molecule has 0 radical (unpaired) electrons. The van der Waals surface area contributed by atoms with Gasteiger partial charge < -0.3 is 25.4 Å². The van der Waals surface area contributed by atoms with Crippen LogP contribution in [0.3, 0.4) is 0 Å². The zero-order valence-corrected chi connectivity index (χ0v) is 23.3. The predicted molar refractivity (Wildman–Crippen MR) is 155 cm³/mol. The Labute approximate surface area is 238 Å². The number of carbonyl (C=O) groups is 2. The van der Waals surface area contributed by atoms with Crippen LogP contribution < -0.4 is 25.4 Å². The van der Waals surface area contributed by atoms with Gasteiger partial charge in [-0.1, -0.05) is 41.4 Å². The fourth-order valence-corrected chi connectivity index (χ4v) is 4.97. The van der Waals surface area contributed by atoms with E-state index in [9.17, 15) is 9.59 Å². The van der Waals surface area contributed by atoms with Crippen LogP contribution in [0.5, 0.6) is 11.5 Å². The molecular formula is C29H32Cl2N4O4. The lowest BCUT2D eigenvalue weighted by Crippen LogP contribution is -2.46. The molecule has 1 fully saturated rings. The predicted octanol–water partition coefficient (Wildman–Crippen LogP) is 5.46. The normalized spacial score (nSPS) is 13.7. The summed E-state index contributed by atoms with van der Waals surface area (Å²) in [5.74, 6) is 0.366. The van der Waals surface area contributed by atoms with Crippen LogP contribution in [0.4, 0.5) is 10.5 Å². The third-order valence-corrected chi connectivity index (χ3v) is 7.47. The quantitative estimate of drug-likeness (QED) is 0.314. The molecule has 2 amide bonds. The highest BCUT2D eigenvalue weighted by atomic mass is 35.5. The summed E-state index contributed by atoms with van der Waals surface area (Å²) in [7, 11) is 1.53. The Morgan fingerprint density at radius 3 is 2.49 bits per heavy atom. The van der Waals surface area contributed by atoms with E-state index in [-0.39, 0.29) is 0 Å². The number of nitrogens with one attached hydrogen (secondary N) is 1. The van der Waals surface area contributed by atoms with Gasteiger partial charge in [0, 0.05) is 49.9 Å². The van der Waals surface area contributed by atoms with Gasteiger partial charge in [-0.15, -0.1) is 0 Å². The van der Waals surface area contributed by atoms with Gasteiger partial charge in [0.05, 0.1) is 22.8 Å². The van der Waals surface area contributed by atoms with E-state index in [2.05, 4.69) is 15.1 Å². The Balaban J connectivity index is 1.18. The van der Waals surface area contributed by atoms with Crippen molar-refractivity contribution < 1.29 is 19.1 Å². The monoisotopic (exact) mass is 570 g/mol. The number of amides is 2. The highest BCUT2D eigenvalue weighted by Gasteiger charge is 2.19. The molecule has 0 unspecified atom stereocenters. The number of hydrogen-bond donors (Lipinski definition) is 2. The maximum Gasteiger partial charge on any atom is 0.412 e. The van der Waals surface area contributed by atoms with Gasteiger partial charge in [-0.3, -0.25) is 9.69 Å². The second-order valence-corrected chi connectivity index (χ2v) is 10.0. The van der Waals surface area contributed by atoms with Crippen molar-refractivity contribution >= 4 is 40.9 Å². The fourth-order valence-electron chi connectivity index (χ4n) is 4.56. The van der Waals surface area contributed by atoms with E-state index in [0.29, 0.717) is 33.7 Å². The Bertz CT molecular complexity index is 1310. The number of rotatable bonds is 10. The largest absolute Gasteiger partial charge is 0.496 e. The van der Waals surface area contributed by atoms with Crippen molar-refractivity contribution in [2.24, 2.45) is 5.73 Å². The highest BCUT2D eigenvalue weighted by Crippen LogP contribution is 2.34. The molecule has 10 heteroatoms. The van der Waals surface area contributed by atoms with E-state index in [0.717, 1.165) is 62.4 Å². The summed E-state index contributed by atoms with van der Waals surface area (Å²) in [6, 6.07) is 17.8. The van der Waals surface area contributed by atoms with Gasteiger partial charge in [0.1, 0.15) is 11.5 Å². The van der Waals surface area contributed by atoms with Crippen molar-refractivity contribution in [1.82, 2.24) is 10.2 Å². The van der Waals surface area contributed by atoms with Crippen LogP contribution in [0.2, 0.25) is 10.0 Å². The van der Waals surface area contributed by atoms with Gasteiger partial charge in [0.25, 0.3) is 0 Å². The van der Waals surface area contributed by atoms with Crippen LogP contribution in [0.25, 0.3) is 11.1 Å². The van der Waals surface area contributed by atoms with Crippen LogP contribution in [0, 0.1) is 0 Å². The van der Waals surface area contributed by atoms with Gasteiger partial charge in [-0.05, 0) is 61.3 Å². The molecule has 3 N–H and O–H groups in total.